The number of methoxy groups -OCH3 is 1. The van der Waals surface area contributed by atoms with E-state index in [9.17, 15) is 75.3 Å². The third kappa shape index (κ3) is 12.5. The zero-order valence-electron chi connectivity index (χ0n) is 55.8. The largest absolute Gasteiger partial charge is 0.467 e. The number of hydrogen-bond acceptors (Lipinski definition) is 27. The highest BCUT2D eigenvalue weighted by Gasteiger charge is 2.74. The number of aliphatic hydroxyl groups is 11. The summed E-state index contributed by atoms with van der Waals surface area (Å²) in [5.41, 5.74) is -3.44. The van der Waals surface area contributed by atoms with Crippen molar-refractivity contribution in [2.45, 2.75) is 276 Å². The normalized spacial score (nSPS) is 47.9. The lowest BCUT2D eigenvalue weighted by atomic mass is 9.33. The number of rotatable bonds is 17. The van der Waals surface area contributed by atoms with Crippen LogP contribution in [0.15, 0.2) is 34.9 Å². The second-order valence-corrected chi connectivity index (χ2v) is 29.5. The molecule has 11 N–H and O–H groups in total. The molecule has 0 aromatic carbocycles. The first-order chi connectivity index (χ1) is 43.5. The number of carbonyl (C=O) groups is 4. The van der Waals surface area contributed by atoms with E-state index in [1.54, 1.807) is 33.8 Å². The summed E-state index contributed by atoms with van der Waals surface area (Å²) in [6, 6.07) is 0. The Morgan fingerprint density at radius 1 is 0.591 bits per heavy atom. The van der Waals surface area contributed by atoms with Crippen molar-refractivity contribution < 1.29 is 132 Å². The van der Waals surface area contributed by atoms with E-state index in [2.05, 4.69) is 40.7 Å². The van der Waals surface area contributed by atoms with Gasteiger partial charge < -0.3 is 113 Å². The Bertz CT molecular complexity index is 2810. The molecular formula is C66H102O27. The average Bonchev–Trinajstić information content (AvgIpc) is 0.920. The topological polar surface area (TPSA) is 402 Å². The van der Waals surface area contributed by atoms with Crippen molar-refractivity contribution in [3.63, 3.8) is 0 Å². The molecule has 30 atom stereocenters. The van der Waals surface area contributed by atoms with Crippen molar-refractivity contribution >= 4 is 23.9 Å². The summed E-state index contributed by atoms with van der Waals surface area (Å²) in [6.45, 7) is 21.7. The third-order valence-electron chi connectivity index (χ3n) is 23.8. The SMILES string of the molecule is CC=C(C)C(=O)OC1C(C)OC(OC2C(OC(C)=O)C3(CO)C(O)CC4(C)C(=CCC5C6(C)CCC(OC7OC(C(=O)OC)C(O)C(OC8OC(CO)C(O)C8O)C7OC7OC(CO)C(O)C(O)C7O)C(C)(C)C6CCC54C)C3CC2(C)C)C(O)C1OC(=O)C(C)=CC. The second-order valence-electron chi connectivity index (χ2n) is 29.5. The van der Waals surface area contributed by atoms with Crippen LogP contribution in [0.4, 0.5) is 0 Å². The number of carbonyl (C=O) groups excluding carboxylic acids is 4. The quantitative estimate of drug-likeness (QED) is 0.0315. The minimum atomic E-state index is -2.00. The number of aliphatic hydroxyl groups excluding tert-OH is 11. The molecule has 4 saturated heterocycles. The Morgan fingerprint density at radius 3 is 1.71 bits per heavy atom. The fourth-order valence-electron chi connectivity index (χ4n) is 18.1. The number of ether oxygens (including phenoxy) is 12. The van der Waals surface area contributed by atoms with Gasteiger partial charge in [-0.3, -0.25) is 4.79 Å². The lowest BCUT2D eigenvalue weighted by Gasteiger charge is -2.72. The van der Waals surface area contributed by atoms with Crippen LogP contribution < -0.4 is 0 Å². The van der Waals surface area contributed by atoms with Crippen LogP contribution in [0.25, 0.3) is 0 Å². The van der Waals surface area contributed by atoms with Gasteiger partial charge in [-0.2, -0.15) is 0 Å². The van der Waals surface area contributed by atoms with Crippen molar-refractivity contribution in [1.82, 2.24) is 0 Å². The van der Waals surface area contributed by atoms with Gasteiger partial charge in [0.2, 0.25) is 0 Å². The summed E-state index contributed by atoms with van der Waals surface area (Å²) in [7, 11) is 1.06. The zero-order chi connectivity index (χ0) is 68.7. The van der Waals surface area contributed by atoms with E-state index >= 15 is 0 Å². The van der Waals surface area contributed by atoms with Crippen LogP contribution >= 0.6 is 0 Å². The molecule has 27 heteroatoms. The average molecular weight is 1330 g/mol. The predicted molar refractivity (Wildman–Crippen MR) is 321 cm³/mol. The van der Waals surface area contributed by atoms with Gasteiger partial charge in [0.05, 0.1) is 50.7 Å². The maximum atomic E-state index is 13.6. The highest BCUT2D eigenvalue weighted by atomic mass is 16.8. The summed E-state index contributed by atoms with van der Waals surface area (Å²) in [6.07, 6.45) is -27.8. The van der Waals surface area contributed by atoms with Crippen LogP contribution in [0.3, 0.4) is 0 Å². The lowest BCUT2D eigenvalue weighted by molar-refractivity contribution is -0.386. The van der Waals surface area contributed by atoms with Gasteiger partial charge in [0.1, 0.15) is 79.4 Å². The van der Waals surface area contributed by atoms with Crippen LogP contribution in [0, 0.1) is 50.2 Å². The number of allylic oxidation sites excluding steroid dienone is 4. The summed E-state index contributed by atoms with van der Waals surface area (Å²) in [5.74, 6) is -4.00. The maximum Gasteiger partial charge on any atom is 0.337 e. The van der Waals surface area contributed by atoms with E-state index in [1.165, 1.54) is 19.9 Å². The van der Waals surface area contributed by atoms with Crippen molar-refractivity contribution in [3.05, 3.63) is 34.9 Å². The minimum absolute atomic E-state index is 0.0279. The Kier molecular flexibility index (Phi) is 21.8. The molecule has 0 aromatic rings. The summed E-state index contributed by atoms with van der Waals surface area (Å²) in [5, 5.41) is 124. The molecule has 9 rings (SSSR count). The Labute approximate surface area is 542 Å². The van der Waals surface area contributed by atoms with Gasteiger partial charge in [0.25, 0.3) is 0 Å². The van der Waals surface area contributed by atoms with Crippen LogP contribution in [-0.2, 0) is 76.0 Å². The van der Waals surface area contributed by atoms with E-state index in [4.69, 9.17) is 56.8 Å². The number of esters is 4. The van der Waals surface area contributed by atoms with Gasteiger partial charge in [0, 0.05) is 18.1 Å². The van der Waals surface area contributed by atoms with Crippen molar-refractivity contribution in [2.75, 3.05) is 26.9 Å². The van der Waals surface area contributed by atoms with E-state index in [-0.39, 0.29) is 29.4 Å². The van der Waals surface area contributed by atoms with Gasteiger partial charge in [-0.15, -0.1) is 0 Å². The summed E-state index contributed by atoms with van der Waals surface area (Å²) in [4.78, 5) is 53.7. The fourth-order valence-corrected chi connectivity index (χ4v) is 18.1. The Morgan fingerprint density at radius 2 is 1.15 bits per heavy atom. The fraction of sp³-hybridized carbons (Fsp3) is 0.848. The molecule has 4 aliphatic heterocycles. The lowest BCUT2D eigenvalue weighted by Crippen LogP contribution is -2.73. The Hall–Kier alpha value is -3.66. The molecule has 27 nitrogen and oxygen atoms in total. The summed E-state index contributed by atoms with van der Waals surface area (Å²) >= 11 is 0. The van der Waals surface area contributed by atoms with E-state index in [0.717, 1.165) is 12.7 Å². The first kappa shape index (κ1) is 73.6. The molecule has 93 heavy (non-hydrogen) atoms. The molecule has 30 unspecified atom stereocenters. The standard InChI is InChI=1S/C66H102O27/c1-15-28(3)54(79)88-47-30(5)83-59(46(78)49(47)89-55(80)29(4)16-2)93-52-53(84-31(6)70)66(27-69)33(23-61(52,7)8)32-17-18-37-63(11)21-20-39(62(9,10)36(63)19-22-64(37,12)65(32,13)24-38(66)71)87-60-51(92-58-44(76)42(74)40(72)34(25-67)85-58)48(45(77)50(91-60)56(81)82-14)90-57-43(75)41(73)35(26-68)86-57/h15-17,30,33-53,57-60,67-69,71-78H,18-27H2,1-14H3. The molecule has 0 amide bonds. The predicted octanol–water partition coefficient (Wildman–Crippen LogP) is 0.803. The van der Waals surface area contributed by atoms with Crippen molar-refractivity contribution in [3.8, 4) is 0 Å². The summed E-state index contributed by atoms with van der Waals surface area (Å²) < 4.78 is 73.5. The number of fused-ring (bicyclic) bond motifs is 7. The van der Waals surface area contributed by atoms with Crippen LogP contribution in [0.5, 0.6) is 0 Å². The van der Waals surface area contributed by atoms with Gasteiger partial charge >= 0.3 is 23.9 Å². The van der Waals surface area contributed by atoms with Gasteiger partial charge in [-0.05, 0) is 124 Å². The molecule has 9 aliphatic rings. The monoisotopic (exact) mass is 1330 g/mol. The second kappa shape index (κ2) is 27.6. The molecule has 0 bridgehead atoms. The first-order valence-electron chi connectivity index (χ1n) is 32.7. The first-order valence-corrected chi connectivity index (χ1v) is 32.7. The molecule has 4 saturated carbocycles. The van der Waals surface area contributed by atoms with Crippen LogP contribution in [0.1, 0.15) is 135 Å². The van der Waals surface area contributed by atoms with Gasteiger partial charge in [-0.25, -0.2) is 14.4 Å². The third-order valence-corrected chi connectivity index (χ3v) is 23.8. The van der Waals surface area contributed by atoms with Crippen LogP contribution in [-0.4, -0.2) is 248 Å². The smallest absolute Gasteiger partial charge is 0.337 e. The van der Waals surface area contributed by atoms with E-state index in [1.807, 2.05) is 13.8 Å². The van der Waals surface area contributed by atoms with Gasteiger partial charge in [-0.1, -0.05) is 72.3 Å². The highest BCUT2D eigenvalue weighted by molar-refractivity contribution is 5.88. The van der Waals surface area contributed by atoms with E-state index in [0.29, 0.717) is 38.5 Å². The van der Waals surface area contributed by atoms with Crippen LogP contribution in [0.2, 0.25) is 0 Å². The molecule has 0 spiro atoms. The zero-order valence-corrected chi connectivity index (χ0v) is 55.8. The molecule has 4 heterocycles. The van der Waals surface area contributed by atoms with Crippen molar-refractivity contribution in [2.24, 2.45) is 50.2 Å². The minimum Gasteiger partial charge on any atom is -0.467 e. The molecular weight excluding hydrogens is 1220 g/mol. The molecule has 0 radical (unpaired) electrons. The molecule has 528 valence electrons. The molecule has 5 aliphatic carbocycles. The maximum absolute atomic E-state index is 13.6. The Balaban J connectivity index is 1.02. The molecule has 0 aromatic heterocycles. The molecule has 8 fully saturated rings. The van der Waals surface area contributed by atoms with Gasteiger partial charge in [0.15, 0.2) is 43.5 Å². The van der Waals surface area contributed by atoms with Crippen molar-refractivity contribution in [1.29, 1.82) is 0 Å². The highest BCUT2D eigenvalue weighted by Crippen LogP contribution is 2.76. The van der Waals surface area contributed by atoms with E-state index < -0.39 is 223 Å². The number of hydrogen-bond donors (Lipinski definition) is 11.